The Balaban J connectivity index is -0.000000145. The van der Waals surface area contributed by atoms with Crippen LogP contribution in [-0.4, -0.2) is 53.2 Å². The van der Waals surface area contributed by atoms with Gasteiger partial charge in [0.1, 0.15) is 0 Å². The third-order valence-corrected chi connectivity index (χ3v) is 3.13. The fraction of sp³-hybridized carbons (Fsp3) is 0.900. The van der Waals surface area contributed by atoms with Crippen molar-refractivity contribution in [3.63, 3.8) is 0 Å². The minimum Gasteiger partial charge on any atom is -0.377 e. The van der Waals surface area contributed by atoms with Crippen molar-refractivity contribution in [3.05, 3.63) is 7.43 Å². The van der Waals surface area contributed by atoms with E-state index >= 15 is 0 Å². The molecule has 0 spiro atoms. The van der Waals surface area contributed by atoms with Crippen LogP contribution in [0.4, 0.5) is 52.7 Å². The van der Waals surface area contributed by atoms with Crippen molar-refractivity contribution in [2.24, 2.45) is 3.34 Å². The van der Waals surface area contributed by atoms with Gasteiger partial charge in [0.2, 0.25) is 12.2 Å². The van der Waals surface area contributed by atoms with E-state index in [9.17, 15) is 52.7 Å². The Morgan fingerprint density at radius 2 is 0.731 bits per heavy atom. The Kier molecular flexibility index (Phi) is 15.5. The van der Waals surface area contributed by atoms with Gasteiger partial charge in [0.15, 0.2) is 0 Å². The summed E-state index contributed by atoms with van der Waals surface area (Å²) in [7, 11) is 0. The zero-order chi connectivity index (χ0) is 21.4. The van der Waals surface area contributed by atoms with E-state index in [-0.39, 0.29) is 7.43 Å². The zero-order valence-corrected chi connectivity index (χ0v) is 16.3. The smallest absolute Gasteiger partial charge is 0.377 e. The van der Waals surface area contributed by atoms with Crippen molar-refractivity contribution >= 4 is 0 Å². The fourth-order valence-electron chi connectivity index (χ4n) is 0.371. The van der Waals surface area contributed by atoms with Gasteiger partial charge in [0.05, 0.1) is 0 Å². The summed E-state index contributed by atoms with van der Waals surface area (Å²) < 4.78 is 136. The van der Waals surface area contributed by atoms with Gasteiger partial charge < -0.3 is 17.6 Å². The summed E-state index contributed by atoms with van der Waals surface area (Å²) in [4.78, 5) is 0. The molecule has 0 bridgehead atoms. The summed E-state index contributed by atoms with van der Waals surface area (Å²) in [6.07, 6.45) is -31.0. The molecule has 16 heteroatoms. The predicted octanol–water partition coefficient (Wildman–Crippen LogP) is 4.52. The number of alkyl halides is 12. The number of aliphatic hydroxyl groups excluding tert-OH is 2. The molecule has 0 heterocycles. The van der Waals surface area contributed by atoms with E-state index in [0.717, 1.165) is 20.9 Å². The molecule has 2 N–H and O–H groups in total. The molecule has 26 heavy (non-hydrogen) atoms. The van der Waals surface area contributed by atoms with Crippen LogP contribution < -0.4 is 0 Å². The van der Waals surface area contributed by atoms with Gasteiger partial charge >= 0.3 is 68.8 Å². The number of rotatable bonds is 1. The quantitative estimate of drug-likeness (QED) is 0.350. The number of hydrogen-bond donors (Lipinski definition) is 2. The molecular formula is C10H14F12NO2Ta-. The second-order valence-electron chi connectivity index (χ2n) is 4.18. The molecule has 161 valence electrons. The molecule has 0 atom stereocenters. The molecule has 0 aliphatic carbocycles. The largest absolute Gasteiger partial charge is 0.423 e. The summed E-state index contributed by atoms with van der Waals surface area (Å²) in [6.45, 7) is 4.17. The van der Waals surface area contributed by atoms with Crippen molar-refractivity contribution in [1.29, 1.82) is 0 Å². The first kappa shape index (κ1) is 33.2. The van der Waals surface area contributed by atoms with Gasteiger partial charge in [-0.1, -0.05) is 0 Å². The van der Waals surface area contributed by atoms with Gasteiger partial charge in [-0.15, -0.1) is 0 Å². The van der Waals surface area contributed by atoms with Crippen LogP contribution in [0.3, 0.4) is 0 Å². The molecule has 0 fully saturated rings. The molecule has 0 amide bonds. The molecule has 0 aliphatic heterocycles. The Morgan fingerprint density at radius 3 is 0.731 bits per heavy atom. The van der Waals surface area contributed by atoms with Crippen LogP contribution in [0.5, 0.6) is 0 Å². The minimum absolute atomic E-state index is 0. The molecule has 0 radical (unpaired) electrons. The molecule has 0 saturated heterocycles. The van der Waals surface area contributed by atoms with Crippen LogP contribution in [0.15, 0.2) is 3.34 Å². The first-order valence-corrected chi connectivity index (χ1v) is 6.99. The van der Waals surface area contributed by atoms with E-state index in [0.29, 0.717) is 6.04 Å². The zero-order valence-electron chi connectivity index (χ0n) is 13.1. The normalized spacial score (nSPS) is 12.7. The standard InChI is InChI=1S/2C3H2F6O.C3H7N.CH3.Ta/c2*4-2(5,6)1(10)3(7,8)9;1-3(2)4;;/h2*1,10H;3H,1-2H3;1H3;/q;;;-1;. The van der Waals surface area contributed by atoms with Gasteiger partial charge in [-0.05, 0) is 0 Å². The Morgan fingerprint density at radius 1 is 0.615 bits per heavy atom. The predicted molar refractivity (Wildman–Crippen MR) is 60.2 cm³/mol. The maximum atomic E-state index is 11.0. The summed E-state index contributed by atoms with van der Waals surface area (Å²) in [5, 5.41) is 14.9. The van der Waals surface area contributed by atoms with Crippen LogP contribution in [-0.2, 0) is 20.9 Å². The van der Waals surface area contributed by atoms with Gasteiger partial charge in [-0.25, -0.2) is 0 Å². The van der Waals surface area contributed by atoms with Crippen molar-refractivity contribution in [1.82, 2.24) is 0 Å². The van der Waals surface area contributed by atoms with Crippen molar-refractivity contribution in [2.75, 3.05) is 0 Å². The van der Waals surface area contributed by atoms with E-state index < -0.39 is 36.9 Å². The monoisotopic (exact) mass is 589 g/mol. The number of nitrogens with zero attached hydrogens (tertiary/aromatic N) is 1. The SMILES string of the molecule is CC(C)[N]=[Ta].OC(C(F)(F)F)C(F)(F)F.OC(C(F)(F)F)C(F)(F)F.[CH3-]. The minimum atomic E-state index is -5.63. The third kappa shape index (κ3) is 18.4. The Bertz CT molecular complexity index is 316. The summed E-state index contributed by atoms with van der Waals surface area (Å²) in [5.41, 5.74) is 0. The number of aliphatic hydroxyl groups is 2. The number of hydrogen-bond acceptors (Lipinski definition) is 3. The first-order chi connectivity index (χ1) is 10.6. The molecule has 0 aromatic carbocycles. The van der Waals surface area contributed by atoms with Crippen LogP contribution >= 0.6 is 0 Å². The van der Waals surface area contributed by atoms with E-state index in [1.54, 1.807) is 0 Å². The maximum absolute atomic E-state index is 11.0. The average Bonchev–Trinajstić information content (AvgIpc) is 2.34. The van der Waals surface area contributed by atoms with E-state index in [4.69, 9.17) is 10.2 Å². The molecule has 0 aromatic heterocycles. The van der Waals surface area contributed by atoms with Crippen LogP contribution in [0, 0.1) is 7.43 Å². The third-order valence-electron chi connectivity index (χ3n) is 1.47. The van der Waals surface area contributed by atoms with E-state index in [2.05, 4.69) is 17.2 Å². The van der Waals surface area contributed by atoms with E-state index in [1.165, 1.54) is 0 Å². The Hall–Kier alpha value is -0.380. The second-order valence-corrected chi connectivity index (χ2v) is 5.01. The summed E-state index contributed by atoms with van der Waals surface area (Å²) in [6, 6.07) is 0.559. The summed E-state index contributed by atoms with van der Waals surface area (Å²) >= 11 is 1.16. The van der Waals surface area contributed by atoms with Gasteiger partial charge in [-0.2, -0.15) is 52.7 Å². The fourth-order valence-corrected chi connectivity index (χ4v) is 0.371. The molecule has 0 saturated carbocycles. The molecule has 0 rings (SSSR count). The second kappa shape index (κ2) is 12.2. The van der Waals surface area contributed by atoms with Crippen LogP contribution in [0.1, 0.15) is 13.8 Å². The van der Waals surface area contributed by atoms with Gasteiger partial charge in [-0.3, -0.25) is 0 Å². The molecule has 0 aromatic rings. The van der Waals surface area contributed by atoms with Gasteiger partial charge in [0, 0.05) is 0 Å². The molecule has 3 nitrogen and oxygen atoms in total. The molecule has 0 unspecified atom stereocenters. The topological polar surface area (TPSA) is 52.8 Å². The number of halogens is 12. The van der Waals surface area contributed by atoms with Gasteiger partial charge in [0.25, 0.3) is 0 Å². The van der Waals surface area contributed by atoms with Crippen LogP contribution in [0.25, 0.3) is 0 Å². The summed E-state index contributed by atoms with van der Waals surface area (Å²) in [5.74, 6) is 0. The Labute approximate surface area is 152 Å². The molecule has 0 aliphatic rings. The van der Waals surface area contributed by atoms with E-state index in [1.807, 2.05) is 0 Å². The first-order valence-electron chi connectivity index (χ1n) is 5.55. The van der Waals surface area contributed by atoms with Crippen molar-refractivity contribution in [2.45, 2.75) is 56.8 Å². The maximum Gasteiger partial charge on any atom is 0.423 e. The van der Waals surface area contributed by atoms with Crippen LogP contribution in [0.2, 0.25) is 0 Å². The van der Waals surface area contributed by atoms with Crippen molar-refractivity contribution < 1.29 is 83.8 Å². The van der Waals surface area contributed by atoms with Crippen molar-refractivity contribution in [3.8, 4) is 0 Å². The average molecular weight is 589 g/mol. The molecular weight excluding hydrogens is 575 g/mol.